The highest BCUT2D eigenvalue weighted by Crippen LogP contribution is 2.32. The maximum Gasteiger partial charge on any atom is 0.416 e. The minimum absolute atomic E-state index is 0.0603. The van der Waals surface area contributed by atoms with E-state index in [9.17, 15) is 22.8 Å². The minimum Gasteiger partial charge on any atom is -0.369 e. The number of nitrogens with zero attached hydrogens (tertiary/aromatic N) is 2. The van der Waals surface area contributed by atoms with Crippen LogP contribution in [0.1, 0.15) is 40.7 Å². The summed E-state index contributed by atoms with van der Waals surface area (Å²) in [5.41, 5.74) is 3.39. The second-order valence-corrected chi connectivity index (χ2v) is 11.2. The number of hydrogen-bond donors (Lipinski definition) is 2. The van der Waals surface area contributed by atoms with Gasteiger partial charge in [0.05, 0.1) is 11.5 Å². The number of rotatable bonds is 10. The fourth-order valence-electron chi connectivity index (χ4n) is 5.57. The van der Waals surface area contributed by atoms with E-state index in [0.29, 0.717) is 35.5 Å². The molecule has 6 nitrogen and oxygen atoms in total. The maximum absolute atomic E-state index is 13.2. The van der Waals surface area contributed by atoms with E-state index in [-0.39, 0.29) is 17.7 Å². The van der Waals surface area contributed by atoms with Gasteiger partial charge in [0.2, 0.25) is 5.91 Å². The molecule has 1 aliphatic rings. The molecule has 4 aromatic carbocycles. The maximum atomic E-state index is 13.2. The van der Waals surface area contributed by atoms with E-state index in [0.717, 1.165) is 56.0 Å². The number of hydrogen-bond acceptors (Lipinski definition) is 4. The van der Waals surface area contributed by atoms with E-state index in [2.05, 4.69) is 20.4 Å². The molecule has 9 heteroatoms. The number of alkyl halides is 3. The molecular formula is C36H37F3N4O2. The molecule has 0 radical (unpaired) electrons. The lowest BCUT2D eigenvalue weighted by Crippen LogP contribution is -2.49. The van der Waals surface area contributed by atoms with Crippen LogP contribution in [0.15, 0.2) is 103 Å². The van der Waals surface area contributed by atoms with Gasteiger partial charge in [-0.3, -0.25) is 14.5 Å². The van der Waals surface area contributed by atoms with Crippen molar-refractivity contribution < 1.29 is 22.8 Å². The van der Waals surface area contributed by atoms with Gasteiger partial charge in [-0.25, -0.2) is 0 Å². The van der Waals surface area contributed by atoms with Gasteiger partial charge in [0.1, 0.15) is 0 Å². The fourth-order valence-corrected chi connectivity index (χ4v) is 5.57. The van der Waals surface area contributed by atoms with E-state index < -0.39 is 11.7 Å². The highest BCUT2D eigenvalue weighted by Gasteiger charge is 2.30. The molecule has 0 bridgehead atoms. The molecule has 0 spiro atoms. The van der Waals surface area contributed by atoms with Gasteiger partial charge >= 0.3 is 6.18 Å². The summed E-state index contributed by atoms with van der Waals surface area (Å²) >= 11 is 0. The van der Waals surface area contributed by atoms with Crippen LogP contribution >= 0.6 is 0 Å². The van der Waals surface area contributed by atoms with Gasteiger partial charge in [-0.2, -0.15) is 13.2 Å². The Morgan fingerprint density at radius 1 is 0.800 bits per heavy atom. The standard InChI is InChI=1S/C36H37F3N4O2/c1-2-20-40-34(44)33(26-8-4-3-5-9-26)25-42-21-23-43(24-22-42)30-18-16-29(17-19-30)41-35(45)32-11-7-6-10-31(32)27-12-14-28(15-13-27)36(37,38)39/h3-19,33H,2,20-25H2,1H3,(H,40,44)(H,41,45). The van der Waals surface area contributed by atoms with Crippen molar-refractivity contribution in [2.45, 2.75) is 25.4 Å². The second-order valence-electron chi connectivity index (χ2n) is 11.2. The molecule has 234 valence electrons. The first-order chi connectivity index (χ1) is 21.7. The van der Waals surface area contributed by atoms with E-state index in [4.69, 9.17) is 0 Å². The number of anilines is 2. The topological polar surface area (TPSA) is 64.7 Å². The van der Waals surface area contributed by atoms with Crippen LogP contribution in [0, 0.1) is 0 Å². The zero-order valence-corrected chi connectivity index (χ0v) is 25.2. The highest BCUT2D eigenvalue weighted by molar-refractivity contribution is 6.08. The summed E-state index contributed by atoms with van der Waals surface area (Å²) in [6, 6.07) is 29.2. The van der Waals surface area contributed by atoms with E-state index in [1.807, 2.05) is 61.5 Å². The van der Waals surface area contributed by atoms with Crippen LogP contribution in [0.2, 0.25) is 0 Å². The minimum atomic E-state index is -4.42. The Morgan fingerprint density at radius 3 is 2.09 bits per heavy atom. The Balaban J connectivity index is 1.19. The summed E-state index contributed by atoms with van der Waals surface area (Å²) in [6.07, 6.45) is -3.53. The van der Waals surface area contributed by atoms with Crippen LogP contribution in [0.4, 0.5) is 24.5 Å². The number of halogens is 3. The van der Waals surface area contributed by atoms with Gasteiger partial charge in [0.15, 0.2) is 0 Å². The van der Waals surface area contributed by atoms with Crippen LogP contribution in [0.5, 0.6) is 0 Å². The van der Waals surface area contributed by atoms with Crippen LogP contribution in [0.3, 0.4) is 0 Å². The summed E-state index contributed by atoms with van der Waals surface area (Å²) in [6.45, 7) is 6.63. The first kappa shape index (κ1) is 31.8. The predicted molar refractivity (Wildman–Crippen MR) is 172 cm³/mol. The third kappa shape index (κ3) is 8.10. The van der Waals surface area contributed by atoms with Crippen LogP contribution in [0.25, 0.3) is 11.1 Å². The first-order valence-corrected chi connectivity index (χ1v) is 15.2. The van der Waals surface area contributed by atoms with Gasteiger partial charge in [0.25, 0.3) is 5.91 Å². The average molecular weight is 615 g/mol. The number of benzene rings is 4. The molecule has 45 heavy (non-hydrogen) atoms. The van der Waals surface area contributed by atoms with Gasteiger partial charge in [0, 0.05) is 56.2 Å². The number of piperazine rings is 1. The van der Waals surface area contributed by atoms with Crippen molar-refractivity contribution in [2.75, 3.05) is 49.5 Å². The fraction of sp³-hybridized carbons (Fsp3) is 0.278. The van der Waals surface area contributed by atoms with Crippen molar-refractivity contribution in [1.82, 2.24) is 10.2 Å². The summed E-state index contributed by atoms with van der Waals surface area (Å²) in [4.78, 5) is 30.8. The zero-order chi connectivity index (χ0) is 31.8. The van der Waals surface area contributed by atoms with Crippen molar-refractivity contribution in [2.24, 2.45) is 0 Å². The molecule has 2 N–H and O–H groups in total. The summed E-state index contributed by atoms with van der Waals surface area (Å²) in [5, 5.41) is 5.98. The lowest BCUT2D eigenvalue weighted by Gasteiger charge is -2.37. The van der Waals surface area contributed by atoms with Crippen molar-refractivity contribution in [3.63, 3.8) is 0 Å². The lowest BCUT2D eigenvalue weighted by atomic mass is 9.97. The lowest BCUT2D eigenvalue weighted by molar-refractivity contribution is -0.137. The number of carbonyl (C=O) groups is 2. The molecule has 1 fully saturated rings. The predicted octanol–water partition coefficient (Wildman–Crippen LogP) is 7.06. The van der Waals surface area contributed by atoms with E-state index in [1.54, 1.807) is 24.3 Å². The third-order valence-electron chi connectivity index (χ3n) is 8.07. The molecule has 1 atom stereocenters. The SMILES string of the molecule is CCCNC(=O)C(CN1CCN(c2ccc(NC(=O)c3ccccc3-c3ccc(C(F)(F)F)cc3)cc2)CC1)c1ccccc1. The highest BCUT2D eigenvalue weighted by atomic mass is 19.4. The first-order valence-electron chi connectivity index (χ1n) is 15.2. The molecule has 1 saturated heterocycles. The van der Waals surface area contributed by atoms with Gasteiger partial charge in [-0.05, 0) is 65.6 Å². The van der Waals surface area contributed by atoms with Crippen molar-refractivity contribution in [3.05, 3.63) is 120 Å². The van der Waals surface area contributed by atoms with E-state index in [1.165, 1.54) is 12.1 Å². The summed E-state index contributed by atoms with van der Waals surface area (Å²) in [5.74, 6) is -0.510. The largest absolute Gasteiger partial charge is 0.416 e. The Morgan fingerprint density at radius 2 is 1.44 bits per heavy atom. The van der Waals surface area contributed by atoms with Crippen molar-refractivity contribution >= 4 is 23.2 Å². The Hall–Kier alpha value is -4.63. The molecule has 1 heterocycles. The molecule has 0 saturated carbocycles. The third-order valence-corrected chi connectivity index (χ3v) is 8.07. The molecule has 2 amide bonds. The zero-order valence-electron chi connectivity index (χ0n) is 25.2. The van der Waals surface area contributed by atoms with Gasteiger partial charge in [-0.1, -0.05) is 67.6 Å². The van der Waals surface area contributed by atoms with Crippen molar-refractivity contribution in [1.29, 1.82) is 0 Å². The Kier molecular flexibility index (Phi) is 10.2. The molecule has 4 aromatic rings. The van der Waals surface area contributed by atoms with Crippen molar-refractivity contribution in [3.8, 4) is 11.1 Å². The summed E-state index contributed by atoms with van der Waals surface area (Å²) in [7, 11) is 0. The van der Waals surface area contributed by atoms with Gasteiger partial charge in [-0.15, -0.1) is 0 Å². The van der Waals surface area contributed by atoms with Crippen LogP contribution in [-0.4, -0.2) is 56.0 Å². The normalized spacial score (nSPS) is 14.5. The Labute approximate surface area is 261 Å². The number of carbonyl (C=O) groups excluding carboxylic acids is 2. The molecule has 0 aliphatic carbocycles. The monoisotopic (exact) mass is 614 g/mol. The quantitative estimate of drug-likeness (QED) is 0.201. The molecule has 1 aliphatic heterocycles. The average Bonchev–Trinajstić information content (AvgIpc) is 3.07. The molecule has 5 rings (SSSR count). The number of amides is 2. The second kappa shape index (κ2) is 14.4. The van der Waals surface area contributed by atoms with Crippen LogP contribution < -0.4 is 15.5 Å². The smallest absolute Gasteiger partial charge is 0.369 e. The van der Waals surface area contributed by atoms with Crippen LogP contribution in [-0.2, 0) is 11.0 Å². The Bertz CT molecular complexity index is 1570. The molecule has 1 unspecified atom stereocenters. The summed E-state index contributed by atoms with van der Waals surface area (Å²) < 4.78 is 39.1. The van der Waals surface area contributed by atoms with E-state index >= 15 is 0 Å². The molecule has 0 aromatic heterocycles. The molecular weight excluding hydrogens is 577 g/mol. The van der Waals surface area contributed by atoms with Gasteiger partial charge < -0.3 is 15.5 Å². The number of nitrogens with one attached hydrogen (secondary N) is 2.